The van der Waals surface area contributed by atoms with E-state index in [1.54, 1.807) is 26.2 Å². The Kier molecular flexibility index (Phi) is 7.22. The molecule has 2 N–H and O–H groups in total. The molecule has 2 aromatic carbocycles. The van der Waals surface area contributed by atoms with Gasteiger partial charge in [-0.2, -0.15) is 0 Å². The summed E-state index contributed by atoms with van der Waals surface area (Å²) in [5, 5.41) is 8.74. The lowest BCUT2D eigenvalue weighted by atomic mass is 10.2. The van der Waals surface area contributed by atoms with Crippen LogP contribution in [0.1, 0.15) is 5.56 Å². The molecule has 0 bridgehead atoms. The molecule has 10 heteroatoms. The lowest BCUT2D eigenvalue weighted by Gasteiger charge is -2.18. The van der Waals surface area contributed by atoms with E-state index < -0.39 is 0 Å². The van der Waals surface area contributed by atoms with Gasteiger partial charge in [0, 0.05) is 23.6 Å². The fourth-order valence-corrected chi connectivity index (χ4v) is 4.04. The van der Waals surface area contributed by atoms with E-state index in [1.165, 1.54) is 16.4 Å². The van der Waals surface area contributed by atoms with Crippen molar-refractivity contribution in [3.8, 4) is 22.9 Å². The second-order valence-electron chi connectivity index (χ2n) is 6.38. The number of amides is 1. The monoisotopic (exact) mass is 491 g/mol. The van der Waals surface area contributed by atoms with E-state index in [0.717, 1.165) is 15.6 Å². The molecule has 0 fully saturated rings. The Bertz CT molecular complexity index is 1040. The van der Waals surface area contributed by atoms with Gasteiger partial charge < -0.3 is 20.2 Å². The molecule has 0 aliphatic rings. The minimum atomic E-state index is -0.0553. The number of carbonyl (C=O) groups is 1. The van der Waals surface area contributed by atoms with Crippen LogP contribution in [0.5, 0.6) is 11.5 Å². The molecule has 3 aromatic rings. The third-order valence-electron chi connectivity index (χ3n) is 4.40. The van der Waals surface area contributed by atoms with Crippen LogP contribution in [-0.2, 0) is 11.3 Å². The van der Waals surface area contributed by atoms with Gasteiger partial charge in [-0.3, -0.25) is 4.79 Å². The summed E-state index contributed by atoms with van der Waals surface area (Å²) in [7, 11) is 4.92. The van der Waals surface area contributed by atoms with Crippen LogP contribution < -0.4 is 15.3 Å². The van der Waals surface area contributed by atoms with Gasteiger partial charge in [0.15, 0.2) is 17.3 Å². The summed E-state index contributed by atoms with van der Waals surface area (Å²) in [6, 6.07) is 13.2. The first-order valence-electron chi connectivity index (χ1n) is 8.97. The quantitative estimate of drug-likeness (QED) is 0.381. The number of methoxy groups -OCH3 is 2. The van der Waals surface area contributed by atoms with Gasteiger partial charge in [-0.1, -0.05) is 45.9 Å². The van der Waals surface area contributed by atoms with Crippen molar-refractivity contribution in [1.82, 2.24) is 19.8 Å². The first-order valence-corrected chi connectivity index (χ1v) is 10.8. The summed E-state index contributed by atoms with van der Waals surface area (Å²) in [5.41, 5.74) is 1.77. The van der Waals surface area contributed by atoms with Gasteiger partial charge in [0.2, 0.25) is 11.1 Å². The summed E-state index contributed by atoms with van der Waals surface area (Å²) < 4.78 is 12.8. The highest BCUT2D eigenvalue weighted by atomic mass is 79.9. The summed E-state index contributed by atoms with van der Waals surface area (Å²) >= 11 is 4.73. The third kappa shape index (κ3) is 4.88. The predicted octanol–water partition coefficient (Wildman–Crippen LogP) is 3.19. The van der Waals surface area contributed by atoms with Crippen LogP contribution in [0.2, 0.25) is 0 Å². The largest absolute Gasteiger partial charge is 0.493 e. The van der Waals surface area contributed by atoms with E-state index in [0.29, 0.717) is 29.0 Å². The fourth-order valence-electron chi connectivity index (χ4n) is 2.78. The Hall–Kier alpha value is -2.72. The van der Waals surface area contributed by atoms with Crippen molar-refractivity contribution in [2.45, 2.75) is 11.7 Å². The minimum Gasteiger partial charge on any atom is -0.493 e. The molecule has 0 atom stereocenters. The second kappa shape index (κ2) is 9.86. The Morgan fingerprint density at radius 1 is 1.17 bits per heavy atom. The number of benzene rings is 2. The number of rotatable bonds is 8. The molecular weight excluding hydrogens is 470 g/mol. The molecule has 0 aliphatic carbocycles. The Labute approximate surface area is 187 Å². The molecule has 0 spiro atoms. The number of carbonyl (C=O) groups excluding carboxylic acids is 1. The predicted molar refractivity (Wildman–Crippen MR) is 120 cm³/mol. The number of hydrogen-bond acceptors (Lipinski definition) is 7. The van der Waals surface area contributed by atoms with Gasteiger partial charge in [0.1, 0.15) is 0 Å². The highest BCUT2D eigenvalue weighted by Crippen LogP contribution is 2.29. The van der Waals surface area contributed by atoms with Crippen LogP contribution in [0.3, 0.4) is 0 Å². The molecule has 8 nitrogen and oxygen atoms in total. The molecule has 158 valence electrons. The number of aromatic nitrogens is 3. The molecule has 1 amide bonds. The molecule has 3 rings (SSSR count). The molecule has 1 aromatic heterocycles. The maximum atomic E-state index is 12.6. The number of nitrogens with zero attached hydrogens (tertiary/aromatic N) is 4. The van der Waals surface area contributed by atoms with Gasteiger partial charge in [0.05, 0.1) is 20.0 Å². The number of hydrogen-bond donors (Lipinski definition) is 1. The standard InChI is InChI=1S/C20H22BrN5O3S/c1-25(11-13-8-9-16(28-2)17(10-13)29-3)18(27)12-30-20-24-23-19(26(20)22)14-6-4-5-7-15(14)21/h4-10H,11-12,22H2,1-3H3. The van der Waals surface area contributed by atoms with Gasteiger partial charge >= 0.3 is 0 Å². The molecule has 0 aliphatic heterocycles. The topological polar surface area (TPSA) is 95.5 Å². The highest BCUT2D eigenvalue weighted by Gasteiger charge is 2.17. The molecule has 0 radical (unpaired) electrons. The summed E-state index contributed by atoms with van der Waals surface area (Å²) in [5.74, 6) is 8.08. The average Bonchev–Trinajstić information content (AvgIpc) is 3.12. The number of nitrogen functional groups attached to an aromatic ring is 1. The average molecular weight is 492 g/mol. The zero-order valence-electron chi connectivity index (χ0n) is 16.8. The molecule has 0 unspecified atom stereocenters. The lowest BCUT2D eigenvalue weighted by molar-refractivity contribution is -0.127. The van der Waals surface area contributed by atoms with Crippen molar-refractivity contribution in [3.63, 3.8) is 0 Å². The SMILES string of the molecule is COc1ccc(CN(C)C(=O)CSc2nnc(-c3ccccc3Br)n2N)cc1OC. The van der Waals surface area contributed by atoms with Gasteiger partial charge in [-0.25, -0.2) is 4.68 Å². The van der Waals surface area contributed by atoms with Crippen LogP contribution >= 0.6 is 27.7 Å². The maximum absolute atomic E-state index is 12.6. The van der Waals surface area contributed by atoms with E-state index in [9.17, 15) is 4.79 Å². The zero-order chi connectivity index (χ0) is 21.7. The van der Waals surface area contributed by atoms with Crippen molar-refractivity contribution in [2.75, 3.05) is 32.9 Å². The zero-order valence-corrected chi connectivity index (χ0v) is 19.2. The third-order valence-corrected chi connectivity index (χ3v) is 6.02. The summed E-state index contributed by atoms with van der Waals surface area (Å²) in [4.78, 5) is 14.2. The van der Waals surface area contributed by atoms with E-state index in [4.69, 9.17) is 15.3 Å². The van der Waals surface area contributed by atoms with Crippen molar-refractivity contribution in [2.24, 2.45) is 0 Å². The van der Waals surface area contributed by atoms with Crippen molar-refractivity contribution in [3.05, 3.63) is 52.5 Å². The van der Waals surface area contributed by atoms with Crippen molar-refractivity contribution >= 4 is 33.6 Å². The molecule has 0 saturated carbocycles. The number of halogens is 1. The molecule has 30 heavy (non-hydrogen) atoms. The van der Waals surface area contributed by atoms with Crippen LogP contribution in [0.4, 0.5) is 0 Å². The van der Waals surface area contributed by atoms with Gasteiger partial charge in [-0.05, 0) is 29.8 Å². The van der Waals surface area contributed by atoms with Crippen molar-refractivity contribution < 1.29 is 14.3 Å². The van der Waals surface area contributed by atoms with Crippen LogP contribution in [0.25, 0.3) is 11.4 Å². The Morgan fingerprint density at radius 2 is 1.90 bits per heavy atom. The fraction of sp³-hybridized carbons (Fsp3) is 0.250. The maximum Gasteiger partial charge on any atom is 0.233 e. The number of thioether (sulfide) groups is 1. The van der Waals surface area contributed by atoms with E-state index in [1.807, 2.05) is 42.5 Å². The second-order valence-corrected chi connectivity index (χ2v) is 8.18. The van der Waals surface area contributed by atoms with Crippen LogP contribution in [0, 0.1) is 0 Å². The van der Waals surface area contributed by atoms with Crippen LogP contribution in [-0.4, -0.2) is 52.7 Å². The normalized spacial score (nSPS) is 10.7. The number of ether oxygens (including phenoxy) is 2. The summed E-state index contributed by atoms with van der Waals surface area (Å²) in [6.07, 6.45) is 0. The highest BCUT2D eigenvalue weighted by molar-refractivity contribution is 9.10. The molecule has 0 saturated heterocycles. The van der Waals surface area contributed by atoms with Gasteiger partial charge in [0.25, 0.3) is 0 Å². The number of nitrogens with two attached hydrogens (primary N) is 1. The van der Waals surface area contributed by atoms with E-state index in [2.05, 4.69) is 26.1 Å². The Morgan fingerprint density at radius 3 is 2.60 bits per heavy atom. The molecule has 1 heterocycles. The van der Waals surface area contributed by atoms with E-state index >= 15 is 0 Å². The Balaban J connectivity index is 1.63. The van der Waals surface area contributed by atoms with Crippen molar-refractivity contribution in [1.29, 1.82) is 0 Å². The van der Waals surface area contributed by atoms with E-state index in [-0.39, 0.29) is 11.7 Å². The molecular formula is C20H22BrN5O3S. The lowest BCUT2D eigenvalue weighted by Crippen LogP contribution is -2.28. The first-order chi connectivity index (χ1) is 14.4. The summed E-state index contributed by atoms with van der Waals surface area (Å²) in [6.45, 7) is 0.442. The smallest absolute Gasteiger partial charge is 0.233 e. The van der Waals surface area contributed by atoms with Gasteiger partial charge in [-0.15, -0.1) is 10.2 Å². The minimum absolute atomic E-state index is 0.0553. The van der Waals surface area contributed by atoms with Crippen LogP contribution in [0.15, 0.2) is 52.1 Å². The first kappa shape index (κ1) is 22.0.